The number of carbonyl (C=O) groups is 7. The van der Waals surface area contributed by atoms with Crippen LogP contribution < -0.4 is 0 Å². The van der Waals surface area contributed by atoms with E-state index >= 15 is 0 Å². The first kappa shape index (κ1) is 42.3. The third-order valence-corrected chi connectivity index (χ3v) is 8.00. The molecule has 2 aromatic rings. The van der Waals surface area contributed by atoms with Gasteiger partial charge in [0.25, 0.3) is 0 Å². The summed E-state index contributed by atoms with van der Waals surface area (Å²) < 4.78 is 62.7. The number of ether oxygens (including phenoxy) is 11. The van der Waals surface area contributed by atoms with Gasteiger partial charge in [0.15, 0.2) is 49.2 Å². The maximum absolute atomic E-state index is 13.6. The number of methoxy groups -OCH3 is 1. The van der Waals surface area contributed by atoms with Gasteiger partial charge in [0.2, 0.25) is 0 Å². The second-order valence-electron chi connectivity index (χ2n) is 12.2. The first-order valence-electron chi connectivity index (χ1n) is 17.0. The molecule has 2 aliphatic rings. The Balaban J connectivity index is 1.78. The van der Waals surface area contributed by atoms with Crippen LogP contribution in [0.15, 0.2) is 60.7 Å². The van der Waals surface area contributed by atoms with Crippen molar-refractivity contribution < 1.29 is 85.7 Å². The highest BCUT2D eigenvalue weighted by Gasteiger charge is 2.57. The molecule has 0 aromatic heterocycles. The summed E-state index contributed by atoms with van der Waals surface area (Å²) in [6.45, 7) is 4.06. The lowest BCUT2D eigenvalue weighted by molar-refractivity contribution is -0.369. The maximum Gasteiger partial charge on any atom is 0.338 e. The van der Waals surface area contributed by atoms with Crippen LogP contribution in [-0.4, -0.2) is 124 Å². The van der Waals surface area contributed by atoms with Gasteiger partial charge in [0.1, 0.15) is 18.8 Å². The average Bonchev–Trinajstić information content (AvgIpc) is 3.14. The van der Waals surface area contributed by atoms with Gasteiger partial charge in [-0.3, -0.25) is 24.0 Å². The van der Waals surface area contributed by atoms with E-state index in [4.69, 9.17) is 52.1 Å². The van der Waals surface area contributed by atoms with Gasteiger partial charge >= 0.3 is 41.8 Å². The molecule has 55 heavy (non-hydrogen) atoms. The van der Waals surface area contributed by atoms with Gasteiger partial charge in [-0.2, -0.15) is 0 Å². The molecule has 0 N–H and O–H groups in total. The predicted octanol–water partition coefficient (Wildman–Crippen LogP) is 1.84. The minimum atomic E-state index is -1.86. The Kier molecular flexibility index (Phi) is 15.2. The topological polar surface area (TPSA) is 221 Å². The first-order chi connectivity index (χ1) is 26.2. The fourth-order valence-electron chi connectivity index (χ4n) is 5.85. The summed E-state index contributed by atoms with van der Waals surface area (Å²) in [6, 6.07) is 15.8. The van der Waals surface area contributed by atoms with E-state index in [0.717, 1.165) is 34.6 Å². The molecule has 298 valence electrons. The van der Waals surface area contributed by atoms with Crippen molar-refractivity contribution in [1.29, 1.82) is 0 Å². The van der Waals surface area contributed by atoms with Gasteiger partial charge in [-0.25, -0.2) is 9.59 Å². The zero-order valence-corrected chi connectivity index (χ0v) is 30.8. The van der Waals surface area contributed by atoms with Crippen LogP contribution in [0.2, 0.25) is 0 Å². The Labute approximate surface area is 315 Å². The number of rotatable bonds is 15. The molecule has 0 unspecified atom stereocenters. The highest BCUT2D eigenvalue weighted by atomic mass is 16.8. The number of fused-ring (bicyclic) bond motifs is 1. The summed E-state index contributed by atoms with van der Waals surface area (Å²) in [5.41, 5.74) is 0.294. The molecule has 4 rings (SSSR count). The number of carbonyl (C=O) groups excluding carboxylic acids is 7. The van der Waals surface area contributed by atoms with Gasteiger partial charge in [0, 0.05) is 41.7 Å². The van der Waals surface area contributed by atoms with Gasteiger partial charge in [0.05, 0.1) is 17.7 Å². The number of hydrogen-bond acceptors (Lipinski definition) is 18. The van der Waals surface area contributed by atoms with Crippen molar-refractivity contribution >= 4 is 41.8 Å². The van der Waals surface area contributed by atoms with Gasteiger partial charge < -0.3 is 52.1 Å². The van der Waals surface area contributed by atoms with Crippen molar-refractivity contribution in [2.45, 2.75) is 96.0 Å². The molecule has 0 saturated carbocycles. The molecule has 0 aliphatic carbocycles. The molecular weight excluding hydrogens is 732 g/mol. The molecule has 18 heteroatoms. The molecule has 2 aliphatic heterocycles. The van der Waals surface area contributed by atoms with Crippen LogP contribution in [0.4, 0.5) is 0 Å². The molecule has 0 radical (unpaired) electrons. The monoisotopic (exact) mass is 774 g/mol. The molecule has 0 amide bonds. The Hall–Kier alpha value is -5.43. The first-order valence-corrected chi connectivity index (χ1v) is 17.0. The summed E-state index contributed by atoms with van der Waals surface area (Å²) >= 11 is 0. The van der Waals surface area contributed by atoms with Gasteiger partial charge in [-0.1, -0.05) is 36.4 Å². The molecule has 2 fully saturated rings. The second-order valence-corrected chi connectivity index (χ2v) is 12.2. The molecule has 2 aromatic carbocycles. The lowest BCUT2D eigenvalue weighted by atomic mass is 9.96. The van der Waals surface area contributed by atoms with E-state index in [1.807, 2.05) is 0 Å². The third kappa shape index (κ3) is 11.8. The molecule has 2 saturated heterocycles. The summed E-state index contributed by atoms with van der Waals surface area (Å²) in [5.74, 6) is -6.25. The smallest absolute Gasteiger partial charge is 0.338 e. The average molecular weight is 775 g/mol. The quantitative estimate of drug-likeness (QED) is 0.186. The van der Waals surface area contributed by atoms with E-state index in [1.165, 1.54) is 31.4 Å². The van der Waals surface area contributed by atoms with Gasteiger partial charge in [-0.05, 0) is 24.3 Å². The van der Waals surface area contributed by atoms with Crippen LogP contribution >= 0.6 is 0 Å². The molecule has 0 bridgehead atoms. The normalized spacial score (nSPS) is 23.9. The number of hydrogen-bond donors (Lipinski definition) is 0. The van der Waals surface area contributed by atoms with Crippen LogP contribution in [0.3, 0.4) is 0 Å². The van der Waals surface area contributed by atoms with Crippen molar-refractivity contribution in [3.05, 3.63) is 71.8 Å². The van der Waals surface area contributed by atoms with Crippen LogP contribution in [-0.2, 0) is 76.1 Å². The van der Waals surface area contributed by atoms with Crippen LogP contribution in [0.25, 0.3) is 0 Å². The fourth-order valence-corrected chi connectivity index (χ4v) is 5.85. The Morgan fingerprint density at radius 1 is 0.636 bits per heavy atom. The fraction of sp³-hybridized carbons (Fsp3) is 0.486. The molecule has 0 spiro atoms. The van der Waals surface area contributed by atoms with E-state index in [2.05, 4.69) is 0 Å². The molecule has 10 atom stereocenters. The van der Waals surface area contributed by atoms with Crippen LogP contribution in [0.1, 0.15) is 55.3 Å². The SMILES string of the molecule is CO[C@H]1O[C@@H]2CO[C@@H]([C@H](OC(C)=O)[C@@H](OC(C)=O)[C@H](OC(C)=O)[C@@H](COC(C)=O)OC(C)=O)O[C@H]2[C@H](OC(=O)c2ccccc2)[C@H]1OC(=O)c1ccccc1. The highest BCUT2D eigenvalue weighted by Crippen LogP contribution is 2.36. The van der Waals surface area contributed by atoms with Crippen LogP contribution in [0, 0.1) is 0 Å². The Morgan fingerprint density at radius 3 is 1.64 bits per heavy atom. The number of benzene rings is 2. The summed E-state index contributed by atoms with van der Waals surface area (Å²) in [7, 11) is 1.28. The van der Waals surface area contributed by atoms with E-state index < -0.39 is 110 Å². The van der Waals surface area contributed by atoms with Gasteiger partial charge in [-0.15, -0.1) is 0 Å². The molecular formula is C37H42O18. The lowest BCUT2D eigenvalue weighted by Crippen LogP contribution is -2.67. The maximum atomic E-state index is 13.6. The zero-order chi connectivity index (χ0) is 40.2. The minimum absolute atomic E-state index is 0.137. The third-order valence-electron chi connectivity index (χ3n) is 8.00. The lowest BCUT2D eigenvalue weighted by Gasteiger charge is -2.49. The Morgan fingerprint density at radius 2 is 1.15 bits per heavy atom. The van der Waals surface area contributed by atoms with E-state index in [-0.39, 0.29) is 17.7 Å². The highest BCUT2D eigenvalue weighted by molar-refractivity contribution is 5.90. The summed E-state index contributed by atoms with van der Waals surface area (Å²) in [5, 5.41) is 0. The van der Waals surface area contributed by atoms with Crippen molar-refractivity contribution in [2.75, 3.05) is 20.3 Å². The van der Waals surface area contributed by atoms with Crippen molar-refractivity contribution in [2.24, 2.45) is 0 Å². The Bertz CT molecular complexity index is 1660. The zero-order valence-electron chi connectivity index (χ0n) is 30.8. The molecule has 18 nitrogen and oxygen atoms in total. The molecule has 2 heterocycles. The van der Waals surface area contributed by atoms with E-state index in [9.17, 15) is 33.6 Å². The standard InChI is InChI=1S/C37H42O18/c1-19(38)46-17-26(48-20(2)39)28(49-21(3)40)30(50-22(4)41)33(51-23(5)42)37-47-18-27-29(55-37)31(53-34(43)24-13-9-7-10-14-24)32(36(45-6)52-27)54-35(44)25-15-11-8-12-16-25/h7-16,26-33,36-37H,17-18H2,1-6H3/t26-,27-,28-,29-,30+,31+,32-,33-,36+,37-/m1/s1. The van der Waals surface area contributed by atoms with Crippen molar-refractivity contribution in [1.82, 2.24) is 0 Å². The van der Waals surface area contributed by atoms with Crippen molar-refractivity contribution in [3.8, 4) is 0 Å². The van der Waals surface area contributed by atoms with Crippen LogP contribution in [0.5, 0.6) is 0 Å². The predicted molar refractivity (Wildman–Crippen MR) is 180 cm³/mol. The summed E-state index contributed by atoms with van der Waals surface area (Å²) in [6.07, 6.45) is -15.5. The van der Waals surface area contributed by atoms with Crippen molar-refractivity contribution in [3.63, 3.8) is 0 Å². The largest absolute Gasteiger partial charge is 0.462 e. The number of esters is 7. The summed E-state index contributed by atoms with van der Waals surface area (Å²) in [4.78, 5) is 88.5. The van der Waals surface area contributed by atoms with E-state index in [0.29, 0.717) is 0 Å². The minimum Gasteiger partial charge on any atom is -0.462 e. The van der Waals surface area contributed by atoms with E-state index in [1.54, 1.807) is 36.4 Å². The second kappa shape index (κ2) is 19.8.